The average Bonchev–Trinajstić information content (AvgIpc) is 2.40. The molecule has 0 spiro atoms. The second-order valence-corrected chi connectivity index (χ2v) is 6.18. The largest absolute Gasteiger partial charge is 0.489 e. The van der Waals surface area contributed by atoms with Crippen molar-refractivity contribution in [3.63, 3.8) is 0 Å². The Balaban J connectivity index is 2.04. The minimum absolute atomic E-state index is 0.494. The van der Waals surface area contributed by atoms with Crippen LogP contribution in [0.15, 0.2) is 48.5 Å². The fourth-order valence-corrected chi connectivity index (χ4v) is 2.17. The first-order valence-corrected chi connectivity index (χ1v) is 8.22. The molecule has 2 rings (SSSR count). The zero-order chi connectivity index (χ0) is 13.7. The zero-order valence-corrected chi connectivity index (χ0v) is 12.1. The molecule has 4 heteroatoms. The second kappa shape index (κ2) is 6.44. The molecule has 0 atom stereocenters. The average molecular weight is 275 g/mol. The summed E-state index contributed by atoms with van der Waals surface area (Å²) in [4.78, 5) is 0. The molecule has 3 nitrogen and oxygen atoms in total. The third-order valence-corrected chi connectivity index (χ3v) is 3.08. The van der Waals surface area contributed by atoms with Crippen LogP contribution < -0.4 is 15.0 Å². The Morgan fingerprint density at radius 3 is 2.47 bits per heavy atom. The summed E-state index contributed by atoms with van der Waals surface area (Å²) in [5, 5.41) is 0. The standard InChI is InChI=1S/C15H18NO2P/c1-19(2)18-15-10-13(8-9-14(15)16)17-11-12-6-4-3-5-7-12/h3-10H,11,16H2,1-2H3. The quantitative estimate of drug-likeness (QED) is 0.665. The van der Waals surface area contributed by atoms with Crippen LogP contribution in [0.1, 0.15) is 5.56 Å². The minimum atomic E-state index is -0.494. The van der Waals surface area contributed by atoms with Crippen LogP contribution in [-0.2, 0) is 6.61 Å². The number of hydrogen-bond acceptors (Lipinski definition) is 3. The highest BCUT2D eigenvalue weighted by molar-refractivity contribution is 7.51. The van der Waals surface area contributed by atoms with Crippen LogP contribution in [-0.4, -0.2) is 13.3 Å². The monoisotopic (exact) mass is 275 g/mol. The van der Waals surface area contributed by atoms with Crippen LogP contribution in [0.5, 0.6) is 11.5 Å². The topological polar surface area (TPSA) is 44.5 Å². The molecule has 0 radical (unpaired) electrons. The molecule has 100 valence electrons. The van der Waals surface area contributed by atoms with E-state index in [9.17, 15) is 0 Å². The summed E-state index contributed by atoms with van der Waals surface area (Å²) in [6, 6.07) is 15.6. The first kappa shape index (κ1) is 13.7. The van der Waals surface area contributed by atoms with Crippen molar-refractivity contribution in [1.29, 1.82) is 0 Å². The lowest BCUT2D eigenvalue weighted by Crippen LogP contribution is -1.97. The Hall–Kier alpha value is -1.73. The molecule has 0 aromatic heterocycles. The molecule has 0 saturated carbocycles. The van der Waals surface area contributed by atoms with Crippen molar-refractivity contribution < 1.29 is 9.26 Å². The maximum atomic E-state index is 5.87. The fourth-order valence-electron chi connectivity index (χ4n) is 1.62. The number of benzene rings is 2. The van der Waals surface area contributed by atoms with Gasteiger partial charge in [0.2, 0.25) is 0 Å². The molecule has 2 aromatic carbocycles. The second-order valence-electron chi connectivity index (χ2n) is 4.38. The van der Waals surface area contributed by atoms with Crippen molar-refractivity contribution >= 4 is 13.8 Å². The fraction of sp³-hybridized carbons (Fsp3) is 0.200. The van der Waals surface area contributed by atoms with Crippen LogP contribution in [0.4, 0.5) is 5.69 Å². The van der Waals surface area contributed by atoms with Gasteiger partial charge in [-0.15, -0.1) is 0 Å². The molecule has 0 aliphatic carbocycles. The normalized spacial score (nSPS) is 10.5. The van der Waals surface area contributed by atoms with Gasteiger partial charge in [0.25, 0.3) is 0 Å². The number of anilines is 1. The summed E-state index contributed by atoms with van der Waals surface area (Å²) in [5.74, 6) is 1.46. The molecule has 0 amide bonds. The van der Waals surface area contributed by atoms with Crippen LogP contribution in [0, 0.1) is 0 Å². The van der Waals surface area contributed by atoms with Gasteiger partial charge >= 0.3 is 0 Å². The molecule has 0 bridgehead atoms. The molecule has 0 heterocycles. The number of nitrogen functional groups attached to an aromatic ring is 1. The third-order valence-electron chi connectivity index (χ3n) is 2.51. The van der Waals surface area contributed by atoms with Gasteiger partial charge in [-0.2, -0.15) is 0 Å². The summed E-state index contributed by atoms with van der Waals surface area (Å²) in [5.41, 5.74) is 7.65. The van der Waals surface area contributed by atoms with Gasteiger partial charge in [-0.05, 0) is 31.0 Å². The molecule has 0 unspecified atom stereocenters. The summed E-state index contributed by atoms with van der Waals surface area (Å²) in [7, 11) is -0.494. The van der Waals surface area contributed by atoms with Gasteiger partial charge in [0.1, 0.15) is 18.1 Å². The van der Waals surface area contributed by atoms with Crippen LogP contribution >= 0.6 is 8.15 Å². The Bertz CT molecular complexity index is 529. The van der Waals surface area contributed by atoms with E-state index in [4.69, 9.17) is 15.0 Å². The highest BCUT2D eigenvalue weighted by Crippen LogP contribution is 2.36. The van der Waals surface area contributed by atoms with E-state index in [0.717, 1.165) is 11.3 Å². The SMILES string of the molecule is CP(C)Oc1cc(OCc2ccccc2)ccc1N. The maximum absolute atomic E-state index is 5.87. The van der Waals surface area contributed by atoms with Gasteiger partial charge in [-0.1, -0.05) is 30.3 Å². The van der Waals surface area contributed by atoms with Crippen LogP contribution in [0.2, 0.25) is 0 Å². The predicted octanol–water partition coefficient (Wildman–Crippen LogP) is 3.88. The Morgan fingerprint density at radius 2 is 1.79 bits per heavy atom. The van der Waals surface area contributed by atoms with Crippen molar-refractivity contribution in [1.82, 2.24) is 0 Å². The highest BCUT2D eigenvalue weighted by atomic mass is 31.1. The molecule has 0 saturated heterocycles. The van der Waals surface area contributed by atoms with Gasteiger partial charge < -0.3 is 15.0 Å². The number of hydrogen-bond donors (Lipinski definition) is 1. The predicted molar refractivity (Wildman–Crippen MR) is 81.0 cm³/mol. The lowest BCUT2D eigenvalue weighted by Gasteiger charge is -2.13. The Kier molecular flexibility index (Phi) is 4.64. The number of nitrogens with two attached hydrogens (primary N) is 1. The van der Waals surface area contributed by atoms with E-state index >= 15 is 0 Å². The third kappa shape index (κ3) is 4.15. The van der Waals surface area contributed by atoms with E-state index < -0.39 is 8.15 Å². The summed E-state index contributed by atoms with van der Waals surface area (Å²) in [6.45, 7) is 4.61. The van der Waals surface area contributed by atoms with E-state index in [1.165, 1.54) is 0 Å². The van der Waals surface area contributed by atoms with Gasteiger partial charge in [0.15, 0.2) is 0 Å². The van der Waals surface area contributed by atoms with Crippen molar-refractivity contribution in [2.75, 3.05) is 19.1 Å². The van der Waals surface area contributed by atoms with E-state index in [0.29, 0.717) is 18.0 Å². The maximum Gasteiger partial charge on any atom is 0.149 e. The number of rotatable bonds is 5. The first-order valence-electron chi connectivity index (χ1n) is 6.06. The molecule has 0 aliphatic rings. The highest BCUT2D eigenvalue weighted by Gasteiger charge is 2.05. The van der Waals surface area contributed by atoms with Crippen molar-refractivity contribution in [2.45, 2.75) is 6.61 Å². The minimum Gasteiger partial charge on any atom is -0.489 e. The summed E-state index contributed by atoms with van der Waals surface area (Å²) >= 11 is 0. The van der Waals surface area contributed by atoms with E-state index in [-0.39, 0.29) is 0 Å². The Labute approximate surface area is 115 Å². The Morgan fingerprint density at radius 1 is 1.05 bits per heavy atom. The molecule has 19 heavy (non-hydrogen) atoms. The number of ether oxygens (including phenoxy) is 1. The molecular weight excluding hydrogens is 257 g/mol. The van der Waals surface area contributed by atoms with E-state index in [1.54, 1.807) is 0 Å². The van der Waals surface area contributed by atoms with Gasteiger partial charge in [0, 0.05) is 6.07 Å². The molecular formula is C15H18NO2P. The first-order chi connectivity index (χ1) is 9.15. The van der Waals surface area contributed by atoms with E-state index in [1.807, 2.05) is 61.9 Å². The van der Waals surface area contributed by atoms with Crippen molar-refractivity contribution in [3.8, 4) is 11.5 Å². The van der Waals surface area contributed by atoms with Gasteiger partial charge in [-0.25, -0.2) is 0 Å². The van der Waals surface area contributed by atoms with E-state index in [2.05, 4.69) is 0 Å². The summed E-state index contributed by atoms with van der Waals surface area (Å²) in [6.07, 6.45) is 0. The molecule has 2 N–H and O–H groups in total. The van der Waals surface area contributed by atoms with Gasteiger partial charge in [0.05, 0.1) is 13.8 Å². The lowest BCUT2D eigenvalue weighted by atomic mass is 10.2. The van der Waals surface area contributed by atoms with Crippen LogP contribution in [0.25, 0.3) is 0 Å². The summed E-state index contributed by atoms with van der Waals surface area (Å²) < 4.78 is 11.4. The van der Waals surface area contributed by atoms with Crippen molar-refractivity contribution in [3.05, 3.63) is 54.1 Å². The molecule has 0 fully saturated rings. The van der Waals surface area contributed by atoms with Crippen molar-refractivity contribution in [2.24, 2.45) is 0 Å². The molecule has 0 aliphatic heterocycles. The van der Waals surface area contributed by atoms with Crippen LogP contribution in [0.3, 0.4) is 0 Å². The lowest BCUT2D eigenvalue weighted by molar-refractivity contribution is 0.305. The van der Waals surface area contributed by atoms with Gasteiger partial charge in [-0.3, -0.25) is 0 Å². The molecule has 2 aromatic rings. The zero-order valence-electron chi connectivity index (χ0n) is 11.2. The smallest absolute Gasteiger partial charge is 0.149 e.